The Morgan fingerprint density at radius 2 is 1.59 bits per heavy atom. The van der Waals surface area contributed by atoms with Crippen LogP contribution in [0.4, 0.5) is 5.69 Å². The van der Waals surface area contributed by atoms with Crippen molar-refractivity contribution in [3.63, 3.8) is 0 Å². The molecule has 9 heteroatoms. The van der Waals surface area contributed by atoms with Crippen molar-refractivity contribution in [1.82, 2.24) is 4.72 Å². The van der Waals surface area contributed by atoms with E-state index in [0.29, 0.717) is 23.8 Å². The van der Waals surface area contributed by atoms with E-state index in [4.69, 9.17) is 14.2 Å². The van der Waals surface area contributed by atoms with Crippen LogP contribution >= 0.6 is 0 Å². The smallest absolute Gasteiger partial charge is 0.242 e. The average Bonchev–Trinajstić information content (AvgIpc) is 2.85. The Balaban J connectivity index is 1.85. The Kier molecular flexibility index (Phi) is 8.50. The van der Waals surface area contributed by atoms with E-state index in [1.54, 1.807) is 24.3 Å². The monoisotopic (exact) mass is 484 g/mol. The van der Waals surface area contributed by atoms with Gasteiger partial charge >= 0.3 is 0 Å². The molecule has 8 nitrogen and oxygen atoms in total. The van der Waals surface area contributed by atoms with Gasteiger partial charge in [-0.3, -0.25) is 4.79 Å². The highest BCUT2D eigenvalue weighted by Crippen LogP contribution is 2.29. The molecule has 0 unspecified atom stereocenters. The number of carbonyl (C=O) groups excluding carboxylic acids is 1. The normalized spacial score (nSPS) is 12.0. The molecule has 3 aromatic carbocycles. The number of methoxy groups -OCH3 is 2. The largest absolute Gasteiger partial charge is 0.494 e. The Morgan fingerprint density at radius 3 is 2.21 bits per heavy atom. The summed E-state index contributed by atoms with van der Waals surface area (Å²) in [7, 11) is -1.17. The predicted molar refractivity (Wildman–Crippen MR) is 130 cm³/mol. The van der Waals surface area contributed by atoms with Gasteiger partial charge in [-0.15, -0.1) is 0 Å². The van der Waals surface area contributed by atoms with Crippen molar-refractivity contribution in [1.29, 1.82) is 0 Å². The molecule has 0 saturated carbocycles. The van der Waals surface area contributed by atoms with Crippen molar-refractivity contribution >= 4 is 21.6 Å². The third-order valence-electron chi connectivity index (χ3n) is 4.99. The molecule has 0 heterocycles. The number of nitrogens with one attached hydrogen (secondary N) is 2. The van der Waals surface area contributed by atoms with Gasteiger partial charge in [-0.2, -0.15) is 4.72 Å². The number of carbonyl (C=O) groups is 1. The number of anilines is 1. The fourth-order valence-corrected chi connectivity index (χ4v) is 4.52. The van der Waals surface area contributed by atoms with Gasteiger partial charge in [0.25, 0.3) is 0 Å². The van der Waals surface area contributed by atoms with Crippen LogP contribution in [0, 0.1) is 0 Å². The summed E-state index contributed by atoms with van der Waals surface area (Å²) in [5.74, 6) is 0.854. The van der Waals surface area contributed by atoms with Gasteiger partial charge in [0.15, 0.2) is 11.5 Å². The molecular weight excluding hydrogens is 456 g/mol. The van der Waals surface area contributed by atoms with Gasteiger partial charge in [0.05, 0.1) is 25.7 Å². The zero-order valence-electron chi connectivity index (χ0n) is 19.3. The summed E-state index contributed by atoms with van der Waals surface area (Å²) in [6, 6.07) is 19.2. The zero-order valence-corrected chi connectivity index (χ0v) is 20.1. The predicted octanol–water partition coefficient (Wildman–Crippen LogP) is 3.63. The number of amides is 1. The van der Waals surface area contributed by atoms with Crippen LogP contribution in [0.25, 0.3) is 0 Å². The second-order valence-electron chi connectivity index (χ2n) is 7.33. The standard InChI is InChI=1S/C25H28N2O6S/c1-4-33-20-12-10-19(11-13-20)26-25(28)22(16-18-8-6-5-7-9-18)27-34(29,30)21-14-15-23(31-2)24(17-21)32-3/h5-15,17,22,27H,4,16H2,1-3H3,(H,26,28)/t22-/m0/s1. The molecule has 3 aromatic rings. The number of ether oxygens (including phenoxy) is 3. The van der Waals surface area contributed by atoms with Crippen LogP contribution in [-0.4, -0.2) is 41.2 Å². The van der Waals surface area contributed by atoms with E-state index in [1.807, 2.05) is 37.3 Å². The lowest BCUT2D eigenvalue weighted by Gasteiger charge is -2.19. The van der Waals surface area contributed by atoms with E-state index in [1.165, 1.54) is 32.4 Å². The molecule has 0 fully saturated rings. The van der Waals surface area contributed by atoms with E-state index in [-0.39, 0.29) is 17.1 Å². The first-order valence-electron chi connectivity index (χ1n) is 10.7. The summed E-state index contributed by atoms with van der Waals surface area (Å²) < 4.78 is 44.7. The minimum Gasteiger partial charge on any atom is -0.494 e. The lowest BCUT2D eigenvalue weighted by molar-refractivity contribution is -0.117. The molecule has 0 aliphatic carbocycles. The number of hydrogen-bond acceptors (Lipinski definition) is 6. The lowest BCUT2D eigenvalue weighted by atomic mass is 10.1. The van der Waals surface area contributed by atoms with Gasteiger partial charge in [-0.05, 0) is 55.3 Å². The van der Waals surface area contributed by atoms with Crippen LogP contribution < -0.4 is 24.2 Å². The maximum Gasteiger partial charge on any atom is 0.242 e. The lowest BCUT2D eigenvalue weighted by Crippen LogP contribution is -2.45. The number of hydrogen-bond donors (Lipinski definition) is 2. The summed E-state index contributed by atoms with van der Waals surface area (Å²) in [5.41, 5.74) is 1.33. The Labute approximate surface area is 199 Å². The maximum absolute atomic E-state index is 13.2. The fraction of sp³-hybridized carbons (Fsp3) is 0.240. The molecule has 1 atom stereocenters. The second kappa shape index (κ2) is 11.5. The molecule has 0 aliphatic rings. The van der Waals surface area contributed by atoms with Crippen molar-refractivity contribution in [3.05, 3.63) is 78.4 Å². The van der Waals surface area contributed by atoms with Gasteiger partial charge in [0, 0.05) is 11.8 Å². The van der Waals surface area contributed by atoms with E-state index < -0.39 is 22.0 Å². The Morgan fingerprint density at radius 1 is 0.912 bits per heavy atom. The maximum atomic E-state index is 13.2. The van der Waals surface area contributed by atoms with Crippen molar-refractivity contribution in [2.75, 3.05) is 26.1 Å². The summed E-state index contributed by atoms with van der Waals surface area (Å²) >= 11 is 0. The van der Waals surface area contributed by atoms with Crippen LogP contribution in [-0.2, 0) is 21.2 Å². The third kappa shape index (κ3) is 6.49. The SMILES string of the molecule is CCOc1ccc(NC(=O)[C@H](Cc2ccccc2)NS(=O)(=O)c2ccc(OC)c(OC)c2)cc1. The van der Waals surface area contributed by atoms with Gasteiger partial charge in [0.2, 0.25) is 15.9 Å². The second-order valence-corrected chi connectivity index (χ2v) is 9.04. The van der Waals surface area contributed by atoms with Crippen molar-refractivity contribution in [2.45, 2.75) is 24.3 Å². The molecule has 180 valence electrons. The molecule has 0 bridgehead atoms. The minimum absolute atomic E-state index is 0.0444. The molecule has 1 amide bonds. The van der Waals surface area contributed by atoms with Gasteiger partial charge < -0.3 is 19.5 Å². The van der Waals surface area contributed by atoms with Crippen molar-refractivity contribution in [2.24, 2.45) is 0 Å². The molecule has 0 aliphatic heterocycles. The van der Waals surface area contributed by atoms with Crippen LogP contribution in [0.5, 0.6) is 17.2 Å². The molecule has 34 heavy (non-hydrogen) atoms. The zero-order chi connectivity index (χ0) is 24.6. The Bertz CT molecular complexity index is 1200. The quantitative estimate of drug-likeness (QED) is 0.431. The average molecular weight is 485 g/mol. The molecule has 3 rings (SSSR count). The topological polar surface area (TPSA) is 103 Å². The van der Waals surface area contributed by atoms with Crippen molar-refractivity contribution < 1.29 is 27.4 Å². The van der Waals surface area contributed by atoms with Gasteiger partial charge in [-0.1, -0.05) is 30.3 Å². The number of rotatable bonds is 11. The molecule has 2 N–H and O–H groups in total. The van der Waals surface area contributed by atoms with E-state index in [0.717, 1.165) is 5.56 Å². The van der Waals surface area contributed by atoms with Crippen LogP contribution in [0.15, 0.2) is 77.7 Å². The van der Waals surface area contributed by atoms with E-state index in [9.17, 15) is 13.2 Å². The fourth-order valence-electron chi connectivity index (χ4n) is 3.31. The summed E-state index contributed by atoms with van der Waals surface area (Å²) in [5, 5.41) is 2.78. The molecule has 0 spiro atoms. The number of sulfonamides is 1. The summed E-state index contributed by atoms with van der Waals surface area (Å²) in [6.07, 6.45) is 0.163. The first kappa shape index (κ1) is 25.1. The third-order valence-corrected chi connectivity index (χ3v) is 6.46. The van der Waals surface area contributed by atoms with E-state index >= 15 is 0 Å². The van der Waals surface area contributed by atoms with Gasteiger partial charge in [-0.25, -0.2) is 8.42 Å². The van der Waals surface area contributed by atoms with Crippen molar-refractivity contribution in [3.8, 4) is 17.2 Å². The first-order chi connectivity index (χ1) is 16.4. The van der Waals surface area contributed by atoms with Crippen LogP contribution in [0.3, 0.4) is 0 Å². The molecule has 0 radical (unpaired) electrons. The minimum atomic E-state index is -4.05. The molecule has 0 aromatic heterocycles. The highest BCUT2D eigenvalue weighted by molar-refractivity contribution is 7.89. The molecule has 0 saturated heterocycles. The number of benzene rings is 3. The highest BCUT2D eigenvalue weighted by Gasteiger charge is 2.27. The first-order valence-corrected chi connectivity index (χ1v) is 12.2. The summed E-state index contributed by atoms with van der Waals surface area (Å²) in [4.78, 5) is 13.1. The summed E-state index contributed by atoms with van der Waals surface area (Å²) in [6.45, 7) is 2.41. The Hall–Kier alpha value is -3.56. The van der Waals surface area contributed by atoms with E-state index in [2.05, 4.69) is 10.0 Å². The van der Waals surface area contributed by atoms with Crippen LogP contribution in [0.2, 0.25) is 0 Å². The molecular formula is C25H28N2O6S. The van der Waals surface area contributed by atoms with Gasteiger partial charge in [0.1, 0.15) is 11.8 Å². The highest BCUT2D eigenvalue weighted by atomic mass is 32.2. The van der Waals surface area contributed by atoms with Crippen LogP contribution in [0.1, 0.15) is 12.5 Å².